The third kappa shape index (κ3) is 3.28. The van der Waals surface area contributed by atoms with Crippen molar-refractivity contribution in [2.75, 3.05) is 11.1 Å². The zero-order valence-electron chi connectivity index (χ0n) is 12.4. The molecule has 2 aromatic carbocycles. The molecule has 2 aromatic rings. The van der Waals surface area contributed by atoms with Crippen molar-refractivity contribution in [2.24, 2.45) is 5.92 Å². The van der Waals surface area contributed by atoms with Crippen LogP contribution in [0.25, 0.3) is 0 Å². The lowest BCUT2D eigenvalue weighted by molar-refractivity contribution is -0.118. The molecule has 1 amide bonds. The Morgan fingerprint density at radius 1 is 1.05 bits per heavy atom. The van der Waals surface area contributed by atoms with Crippen LogP contribution >= 0.6 is 0 Å². The lowest BCUT2D eigenvalue weighted by atomic mass is 10.2. The minimum Gasteiger partial charge on any atom is -0.397 e. The van der Waals surface area contributed by atoms with Gasteiger partial charge in [0.2, 0.25) is 15.7 Å². The molecule has 0 aliphatic heterocycles. The molecule has 3 N–H and O–H groups in total. The SMILES string of the molecule is CC(C)C(=O)Nc1cc(S(=O)(=O)c2ccccc2)ccc1N. The van der Waals surface area contributed by atoms with Crippen LogP contribution < -0.4 is 11.1 Å². The van der Waals surface area contributed by atoms with E-state index in [2.05, 4.69) is 5.32 Å². The van der Waals surface area contributed by atoms with Crippen molar-refractivity contribution in [1.29, 1.82) is 0 Å². The van der Waals surface area contributed by atoms with Gasteiger partial charge in [-0.2, -0.15) is 0 Å². The first kappa shape index (κ1) is 16.0. The molecule has 0 aromatic heterocycles. The van der Waals surface area contributed by atoms with Crippen molar-refractivity contribution in [3.63, 3.8) is 0 Å². The predicted molar refractivity (Wildman–Crippen MR) is 86.2 cm³/mol. The summed E-state index contributed by atoms with van der Waals surface area (Å²) in [5.74, 6) is -0.449. The molecule has 0 radical (unpaired) electrons. The average molecular weight is 318 g/mol. The van der Waals surface area contributed by atoms with E-state index in [-0.39, 0.29) is 21.6 Å². The molecule has 0 spiro atoms. The molecule has 0 bridgehead atoms. The molecule has 6 heteroatoms. The van der Waals surface area contributed by atoms with Gasteiger partial charge in [-0.3, -0.25) is 4.79 Å². The standard InChI is InChI=1S/C16H18N2O3S/c1-11(2)16(19)18-15-10-13(8-9-14(15)17)22(20,21)12-6-4-3-5-7-12/h3-11H,17H2,1-2H3,(H,18,19). The first-order chi connectivity index (χ1) is 10.3. The Balaban J connectivity index is 2.44. The van der Waals surface area contributed by atoms with Gasteiger partial charge in [-0.1, -0.05) is 32.0 Å². The first-order valence-electron chi connectivity index (χ1n) is 6.83. The summed E-state index contributed by atoms with van der Waals surface area (Å²) in [5, 5.41) is 2.65. The number of nitrogens with one attached hydrogen (secondary N) is 1. The van der Waals surface area contributed by atoms with Crippen LogP contribution in [0.5, 0.6) is 0 Å². The number of nitrogens with two attached hydrogens (primary N) is 1. The van der Waals surface area contributed by atoms with Crippen LogP contribution in [0.1, 0.15) is 13.8 Å². The van der Waals surface area contributed by atoms with Gasteiger partial charge in [0.05, 0.1) is 21.2 Å². The highest BCUT2D eigenvalue weighted by atomic mass is 32.2. The number of anilines is 2. The molecule has 0 saturated heterocycles. The molecule has 0 aliphatic carbocycles. The number of hydrogen-bond acceptors (Lipinski definition) is 4. The van der Waals surface area contributed by atoms with Gasteiger partial charge in [0.1, 0.15) is 0 Å². The summed E-state index contributed by atoms with van der Waals surface area (Å²) in [6.45, 7) is 3.49. The van der Waals surface area contributed by atoms with E-state index < -0.39 is 9.84 Å². The summed E-state index contributed by atoms with van der Waals surface area (Å²) < 4.78 is 25.1. The van der Waals surface area contributed by atoms with Crippen LogP contribution in [0, 0.1) is 5.92 Å². The number of rotatable bonds is 4. The van der Waals surface area contributed by atoms with Gasteiger partial charge < -0.3 is 11.1 Å². The Morgan fingerprint density at radius 3 is 2.27 bits per heavy atom. The Bertz CT molecular complexity index is 784. The lowest BCUT2D eigenvalue weighted by Crippen LogP contribution is -2.19. The summed E-state index contributed by atoms with van der Waals surface area (Å²) in [7, 11) is -3.64. The highest BCUT2D eigenvalue weighted by Crippen LogP contribution is 2.27. The fourth-order valence-corrected chi connectivity index (χ4v) is 3.13. The largest absolute Gasteiger partial charge is 0.397 e. The van der Waals surface area contributed by atoms with Crippen molar-refractivity contribution in [3.8, 4) is 0 Å². The third-order valence-corrected chi connectivity index (χ3v) is 4.94. The van der Waals surface area contributed by atoms with E-state index in [1.807, 2.05) is 0 Å². The normalized spacial score (nSPS) is 11.4. The third-order valence-electron chi connectivity index (χ3n) is 3.17. The van der Waals surface area contributed by atoms with Crippen LogP contribution in [-0.4, -0.2) is 14.3 Å². The van der Waals surface area contributed by atoms with Crippen LogP contribution in [0.2, 0.25) is 0 Å². The second kappa shape index (κ2) is 6.19. The Kier molecular flexibility index (Phi) is 4.51. The van der Waals surface area contributed by atoms with Crippen molar-refractivity contribution < 1.29 is 13.2 Å². The molecule has 0 atom stereocenters. The van der Waals surface area contributed by atoms with Gasteiger partial charge in [0.25, 0.3) is 0 Å². The monoisotopic (exact) mass is 318 g/mol. The zero-order chi connectivity index (χ0) is 16.3. The molecule has 0 saturated carbocycles. The zero-order valence-corrected chi connectivity index (χ0v) is 13.2. The van der Waals surface area contributed by atoms with Gasteiger partial charge in [0.15, 0.2) is 0 Å². The van der Waals surface area contributed by atoms with Crippen molar-refractivity contribution >= 4 is 27.1 Å². The van der Waals surface area contributed by atoms with Gasteiger partial charge in [-0.05, 0) is 30.3 Å². The van der Waals surface area contributed by atoms with Crippen molar-refractivity contribution in [3.05, 3.63) is 48.5 Å². The maximum Gasteiger partial charge on any atom is 0.226 e. The molecule has 0 aliphatic rings. The van der Waals surface area contributed by atoms with Gasteiger partial charge >= 0.3 is 0 Å². The first-order valence-corrected chi connectivity index (χ1v) is 8.31. The molecule has 5 nitrogen and oxygen atoms in total. The van der Waals surface area contributed by atoms with E-state index in [1.54, 1.807) is 32.0 Å². The summed E-state index contributed by atoms with van der Waals surface area (Å²) in [5.41, 5.74) is 6.43. The average Bonchev–Trinajstić information content (AvgIpc) is 2.50. The Labute approximate surface area is 130 Å². The van der Waals surface area contributed by atoms with Crippen molar-refractivity contribution in [1.82, 2.24) is 0 Å². The van der Waals surface area contributed by atoms with Gasteiger partial charge in [-0.15, -0.1) is 0 Å². The van der Waals surface area contributed by atoms with Crippen molar-refractivity contribution in [2.45, 2.75) is 23.6 Å². The van der Waals surface area contributed by atoms with E-state index in [0.29, 0.717) is 11.4 Å². The second-order valence-electron chi connectivity index (χ2n) is 5.21. The second-order valence-corrected chi connectivity index (χ2v) is 7.16. The maximum atomic E-state index is 12.6. The summed E-state index contributed by atoms with van der Waals surface area (Å²) in [6.07, 6.45) is 0. The minimum atomic E-state index is -3.64. The fourth-order valence-electron chi connectivity index (χ4n) is 1.82. The summed E-state index contributed by atoms with van der Waals surface area (Å²) in [6, 6.07) is 12.4. The maximum absolute atomic E-state index is 12.6. The van der Waals surface area contributed by atoms with E-state index in [9.17, 15) is 13.2 Å². The molecule has 0 fully saturated rings. The number of benzene rings is 2. The lowest BCUT2D eigenvalue weighted by Gasteiger charge is -2.12. The Morgan fingerprint density at radius 2 is 1.68 bits per heavy atom. The topological polar surface area (TPSA) is 89.3 Å². The van der Waals surface area contributed by atoms with Crippen LogP contribution in [-0.2, 0) is 14.6 Å². The number of carbonyl (C=O) groups is 1. The molecular weight excluding hydrogens is 300 g/mol. The Hall–Kier alpha value is -2.34. The quantitative estimate of drug-likeness (QED) is 0.848. The van der Waals surface area contributed by atoms with E-state index >= 15 is 0 Å². The van der Waals surface area contributed by atoms with Crippen LogP contribution in [0.4, 0.5) is 11.4 Å². The number of carbonyl (C=O) groups excluding carboxylic acids is 1. The number of sulfone groups is 1. The van der Waals surface area contributed by atoms with E-state index in [1.165, 1.54) is 30.3 Å². The number of hydrogen-bond donors (Lipinski definition) is 2. The molecule has 2 rings (SSSR count). The van der Waals surface area contributed by atoms with Gasteiger partial charge in [0, 0.05) is 5.92 Å². The highest BCUT2D eigenvalue weighted by molar-refractivity contribution is 7.91. The smallest absolute Gasteiger partial charge is 0.226 e. The molecule has 0 unspecified atom stereocenters. The van der Waals surface area contributed by atoms with E-state index in [0.717, 1.165) is 0 Å². The molecule has 22 heavy (non-hydrogen) atoms. The molecular formula is C16H18N2O3S. The molecule has 116 valence electrons. The van der Waals surface area contributed by atoms with E-state index in [4.69, 9.17) is 5.73 Å². The van der Waals surface area contributed by atoms with Gasteiger partial charge in [-0.25, -0.2) is 8.42 Å². The fraction of sp³-hybridized carbons (Fsp3) is 0.188. The summed E-state index contributed by atoms with van der Waals surface area (Å²) >= 11 is 0. The van der Waals surface area contributed by atoms with Crippen LogP contribution in [0.3, 0.4) is 0 Å². The molecule has 0 heterocycles. The number of amides is 1. The summed E-state index contributed by atoms with van der Waals surface area (Å²) in [4.78, 5) is 12.1. The predicted octanol–water partition coefficient (Wildman–Crippen LogP) is 2.70. The number of nitrogen functional groups attached to an aromatic ring is 1. The minimum absolute atomic E-state index is 0.0898. The van der Waals surface area contributed by atoms with Crippen LogP contribution in [0.15, 0.2) is 58.3 Å². The highest BCUT2D eigenvalue weighted by Gasteiger charge is 2.19.